The van der Waals surface area contributed by atoms with Gasteiger partial charge in [0.05, 0.1) is 11.3 Å². The van der Waals surface area contributed by atoms with Gasteiger partial charge in [-0.25, -0.2) is 26.1 Å². The fraction of sp³-hybridized carbons (Fsp3) is 0.533. The fourth-order valence-corrected chi connectivity index (χ4v) is 4.71. The van der Waals surface area contributed by atoms with Gasteiger partial charge in [0.2, 0.25) is 19.9 Å². The molecule has 0 unspecified atom stereocenters. The van der Waals surface area contributed by atoms with E-state index in [1.807, 2.05) is 6.07 Å². The smallest absolute Gasteiger partial charge is 0.267 e. The number of fused-ring (bicyclic) bond motifs is 1. The molecule has 2 aromatic heterocycles. The Labute approximate surface area is 157 Å². The monoisotopic (exact) mass is 412 g/mol. The maximum absolute atomic E-state index is 12.2. The molecule has 2 N–H and O–H groups in total. The number of sulfone groups is 1. The van der Waals surface area contributed by atoms with Crippen LogP contribution in [0.5, 0.6) is 0 Å². The molecule has 1 aliphatic rings. The first-order valence-electron chi connectivity index (χ1n) is 8.42. The van der Waals surface area contributed by atoms with Crippen LogP contribution >= 0.6 is 0 Å². The maximum atomic E-state index is 12.2. The van der Waals surface area contributed by atoms with Gasteiger partial charge in [-0.1, -0.05) is 12.8 Å². The van der Waals surface area contributed by atoms with E-state index in [2.05, 4.69) is 20.1 Å². The van der Waals surface area contributed by atoms with Crippen molar-refractivity contribution in [1.82, 2.24) is 19.3 Å². The van der Waals surface area contributed by atoms with Crippen molar-refractivity contribution in [3.8, 4) is 6.07 Å². The van der Waals surface area contributed by atoms with Crippen molar-refractivity contribution in [3.05, 3.63) is 17.8 Å². The summed E-state index contributed by atoms with van der Waals surface area (Å²) in [6.07, 6.45) is 6.09. The van der Waals surface area contributed by atoms with Gasteiger partial charge in [-0.2, -0.15) is 10.2 Å². The van der Waals surface area contributed by atoms with Gasteiger partial charge in [-0.05, 0) is 18.9 Å². The van der Waals surface area contributed by atoms with E-state index in [0.717, 1.165) is 31.9 Å². The van der Waals surface area contributed by atoms with Crippen LogP contribution in [0.4, 0.5) is 5.82 Å². The number of aromatic nitrogens is 3. The van der Waals surface area contributed by atoms with Gasteiger partial charge in [-0.15, -0.1) is 5.10 Å². The molecule has 0 aliphatic heterocycles. The Balaban J connectivity index is 1.79. The largest absolute Gasteiger partial charge is 0.367 e. The summed E-state index contributed by atoms with van der Waals surface area (Å²) < 4.78 is 51.9. The summed E-state index contributed by atoms with van der Waals surface area (Å²) in [7, 11) is -7.14. The third-order valence-electron chi connectivity index (χ3n) is 4.27. The van der Waals surface area contributed by atoms with Gasteiger partial charge in [0.1, 0.15) is 11.6 Å². The highest BCUT2D eigenvalue weighted by molar-refractivity contribution is 7.90. The fourth-order valence-electron chi connectivity index (χ4n) is 2.99. The first kappa shape index (κ1) is 19.5. The zero-order valence-corrected chi connectivity index (χ0v) is 16.3. The average Bonchev–Trinajstić information content (AvgIpc) is 3.22. The summed E-state index contributed by atoms with van der Waals surface area (Å²) in [5.74, 6) is -0.0253. The molecule has 0 amide bonds. The quantitative estimate of drug-likeness (QED) is 0.659. The highest BCUT2D eigenvalue weighted by Crippen LogP contribution is 2.20. The molecule has 1 aliphatic carbocycles. The Morgan fingerprint density at radius 3 is 2.63 bits per heavy atom. The van der Waals surface area contributed by atoms with E-state index in [1.165, 1.54) is 16.8 Å². The van der Waals surface area contributed by atoms with Crippen molar-refractivity contribution < 1.29 is 16.8 Å². The van der Waals surface area contributed by atoms with Crippen molar-refractivity contribution in [2.75, 3.05) is 23.9 Å². The Morgan fingerprint density at radius 2 is 2.00 bits per heavy atom. The van der Waals surface area contributed by atoms with Crippen molar-refractivity contribution in [1.29, 1.82) is 5.26 Å². The highest BCUT2D eigenvalue weighted by Gasteiger charge is 2.22. The number of nitrogens with one attached hydrogen (secondary N) is 2. The van der Waals surface area contributed by atoms with Crippen LogP contribution in [0.2, 0.25) is 0 Å². The molecule has 0 radical (unpaired) electrons. The zero-order valence-electron chi connectivity index (χ0n) is 14.7. The van der Waals surface area contributed by atoms with Gasteiger partial charge in [0.25, 0.3) is 5.16 Å². The Morgan fingerprint density at radius 1 is 1.30 bits per heavy atom. The minimum absolute atomic E-state index is 0.0126. The summed E-state index contributed by atoms with van der Waals surface area (Å²) in [5, 5.41) is 15.4. The third kappa shape index (κ3) is 4.74. The normalized spacial score (nSPS) is 15.9. The van der Waals surface area contributed by atoms with E-state index in [1.54, 1.807) is 0 Å². The molecule has 0 aromatic carbocycles. The third-order valence-corrected chi connectivity index (χ3v) is 6.54. The summed E-state index contributed by atoms with van der Waals surface area (Å²) in [4.78, 5) is 3.99. The van der Waals surface area contributed by atoms with Crippen LogP contribution in [0.15, 0.2) is 17.4 Å². The van der Waals surface area contributed by atoms with Gasteiger partial charge >= 0.3 is 0 Å². The summed E-state index contributed by atoms with van der Waals surface area (Å²) in [6, 6.07) is 3.44. The molecule has 12 heteroatoms. The molecule has 0 spiro atoms. The Hall–Kier alpha value is -2.23. The molecule has 3 rings (SSSR count). The number of nitriles is 1. The summed E-state index contributed by atoms with van der Waals surface area (Å²) in [6.45, 7) is 0.0327. The van der Waals surface area contributed by atoms with Crippen LogP contribution < -0.4 is 10.0 Å². The second kappa shape index (κ2) is 7.41. The van der Waals surface area contributed by atoms with E-state index in [9.17, 15) is 16.8 Å². The molecule has 27 heavy (non-hydrogen) atoms. The molecule has 1 saturated carbocycles. The van der Waals surface area contributed by atoms with Crippen LogP contribution in [0.1, 0.15) is 31.2 Å². The number of rotatable bonds is 7. The van der Waals surface area contributed by atoms with E-state index < -0.39 is 25.0 Å². The molecule has 0 atom stereocenters. The Bertz CT molecular complexity index is 1100. The van der Waals surface area contributed by atoms with E-state index in [4.69, 9.17) is 5.26 Å². The van der Waals surface area contributed by atoms with Gasteiger partial charge in [0.15, 0.2) is 5.82 Å². The molecule has 10 nitrogen and oxygen atoms in total. The van der Waals surface area contributed by atoms with Crippen LogP contribution in [-0.2, 0) is 19.9 Å². The minimum Gasteiger partial charge on any atom is -0.367 e. The molecule has 2 heterocycles. The standard InChI is InChI=1S/C15H20N6O4S2/c1-26(22,23)15-18-14(13-8-11(9-16)10-21(13)19-15)17-6-7-27(24,25)20-12-4-2-3-5-12/h8,10,12,20H,2-7H2,1H3,(H,17,18,19). The highest BCUT2D eigenvalue weighted by atomic mass is 32.2. The second-order valence-corrected chi connectivity index (χ2v) is 10.3. The first-order valence-corrected chi connectivity index (χ1v) is 12.0. The lowest BCUT2D eigenvalue weighted by Gasteiger charge is -2.13. The first-order chi connectivity index (χ1) is 12.7. The predicted molar refractivity (Wildman–Crippen MR) is 98.5 cm³/mol. The summed E-state index contributed by atoms with van der Waals surface area (Å²) >= 11 is 0. The van der Waals surface area contributed by atoms with Crippen LogP contribution in [0, 0.1) is 11.3 Å². The molecule has 1 fully saturated rings. The zero-order chi connectivity index (χ0) is 19.7. The molecule has 146 valence electrons. The number of nitrogens with zero attached hydrogens (tertiary/aromatic N) is 4. The lowest BCUT2D eigenvalue weighted by atomic mass is 10.3. The average molecular weight is 412 g/mol. The van der Waals surface area contributed by atoms with Crippen molar-refractivity contribution in [2.45, 2.75) is 36.9 Å². The lowest BCUT2D eigenvalue weighted by Crippen LogP contribution is -2.36. The Kier molecular flexibility index (Phi) is 5.36. The predicted octanol–water partition coefficient (Wildman–Crippen LogP) is 0.278. The van der Waals surface area contributed by atoms with Crippen LogP contribution in [0.25, 0.3) is 5.52 Å². The molecule has 0 saturated heterocycles. The SMILES string of the molecule is CS(=O)(=O)c1nc(NCCS(=O)(=O)NC2CCCC2)c2cc(C#N)cn2n1. The number of sulfonamides is 1. The van der Waals surface area contributed by atoms with E-state index in [-0.39, 0.29) is 29.7 Å². The van der Waals surface area contributed by atoms with Crippen LogP contribution in [-0.4, -0.2) is 56.0 Å². The van der Waals surface area contributed by atoms with Crippen molar-refractivity contribution >= 4 is 31.2 Å². The molecular formula is C15H20N6O4S2. The summed E-state index contributed by atoms with van der Waals surface area (Å²) in [5.41, 5.74) is 0.675. The van der Waals surface area contributed by atoms with Crippen molar-refractivity contribution in [2.24, 2.45) is 0 Å². The number of anilines is 1. The van der Waals surface area contributed by atoms with Crippen LogP contribution in [0.3, 0.4) is 0 Å². The number of hydrogen-bond acceptors (Lipinski definition) is 8. The van der Waals surface area contributed by atoms with Gasteiger partial charge < -0.3 is 5.32 Å². The van der Waals surface area contributed by atoms with Crippen molar-refractivity contribution in [3.63, 3.8) is 0 Å². The lowest BCUT2D eigenvalue weighted by molar-refractivity contribution is 0.552. The second-order valence-electron chi connectivity index (χ2n) is 6.53. The van der Waals surface area contributed by atoms with Gasteiger partial charge in [0, 0.05) is 25.0 Å². The molecule has 0 bridgehead atoms. The number of hydrogen-bond donors (Lipinski definition) is 2. The van der Waals surface area contributed by atoms with E-state index >= 15 is 0 Å². The van der Waals surface area contributed by atoms with E-state index in [0.29, 0.717) is 5.52 Å². The maximum Gasteiger partial charge on any atom is 0.267 e. The van der Waals surface area contributed by atoms with Gasteiger partial charge in [-0.3, -0.25) is 0 Å². The molecule has 2 aromatic rings. The topological polar surface area (TPSA) is 146 Å². The molecular weight excluding hydrogens is 392 g/mol. The minimum atomic E-state index is -3.68.